The fourth-order valence-electron chi connectivity index (χ4n) is 2.50. The first-order valence-electron chi connectivity index (χ1n) is 8.38. The molecule has 0 aliphatic carbocycles. The number of hydrogen-bond donors (Lipinski definition) is 0. The van der Waals surface area contributed by atoms with E-state index < -0.39 is 0 Å². The van der Waals surface area contributed by atoms with Gasteiger partial charge in [-0.15, -0.1) is 10.2 Å². The predicted octanol–water partition coefficient (Wildman–Crippen LogP) is 5.17. The first-order valence-corrected chi connectivity index (χ1v) is 9.36. The van der Waals surface area contributed by atoms with E-state index in [1.54, 1.807) is 14.2 Å². The van der Waals surface area contributed by atoms with E-state index in [9.17, 15) is 0 Å². The Labute approximate surface area is 157 Å². The molecule has 0 atom stereocenters. The molecule has 3 aromatic rings. The molecular formula is C20H22N2O3S. The fraction of sp³-hybridized carbons (Fsp3) is 0.300. The molecule has 0 saturated heterocycles. The van der Waals surface area contributed by atoms with Crippen LogP contribution in [-0.2, 0) is 5.75 Å². The molecule has 0 aliphatic heterocycles. The lowest BCUT2D eigenvalue weighted by atomic mass is 10.0. The summed E-state index contributed by atoms with van der Waals surface area (Å²) in [5.74, 6) is 3.07. The average molecular weight is 370 g/mol. The van der Waals surface area contributed by atoms with E-state index in [1.807, 2.05) is 18.2 Å². The van der Waals surface area contributed by atoms with Crippen LogP contribution in [-0.4, -0.2) is 24.4 Å². The molecule has 0 spiro atoms. The molecule has 136 valence electrons. The second kappa shape index (κ2) is 8.27. The van der Waals surface area contributed by atoms with Crippen molar-refractivity contribution >= 4 is 11.8 Å². The van der Waals surface area contributed by atoms with Gasteiger partial charge < -0.3 is 13.9 Å². The largest absolute Gasteiger partial charge is 0.493 e. The average Bonchev–Trinajstić information content (AvgIpc) is 3.15. The van der Waals surface area contributed by atoms with Gasteiger partial charge in [-0.05, 0) is 35.2 Å². The van der Waals surface area contributed by atoms with E-state index in [1.165, 1.54) is 22.9 Å². The third kappa shape index (κ3) is 4.19. The Morgan fingerprint density at radius 3 is 2.35 bits per heavy atom. The summed E-state index contributed by atoms with van der Waals surface area (Å²) in [4.78, 5) is 0. The van der Waals surface area contributed by atoms with Crippen molar-refractivity contribution in [2.75, 3.05) is 14.2 Å². The molecule has 0 saturated carbocycles. The highest BCUT2D eigenvalue weighted by Crippen LogP contribution is 2.33. The van der Waals surface area contributed by atoms with Crippen LogP contribution < -0.4 is 9.47 Å². The molecule has 3 rings (SSSR count). The summed E-state index contributed by atoms with van der Waals surface area (Å²) in [6.45, 7) is 4.38. The fourth-order valence-corrected chi connectivity index (χ4v) is 3.22. The van der Waals surface area contributed by atoms with E-state index in [0.29, 0.717) is 28.5 Å². The van der Waals surface area contributed by atoms with Crippen molar-refractivity contribution < 1.29 is 13.9 Å². The third-order valence-corrected chi connectivity index (χ3v) is 4.94. The Kier molecular flexibility index (Phi) is 5.83. The van der Waals surface area contributed by atoms with Gasteiger partial charge in [0.25, 0.3) is 5.22 Å². The van der Waals surface area contributed by atoms with Crippen molar-refractivity contribution in [1.82, 2.24) is 10.2 Å². The monoisotopic (exact) mass is 370 g/mol. The predicted molar refractivity (Wildman–Crippen MR) is 103 cm³/mol. The van der Waals surface area contributed by atoms with Crippen molar-refractivity contribution in [1.29, 1.82) is 0 Å². The van der Waals surface area contributed by atoms with E-state index in [0.717, 1.165) is 11.3 Å². The Morgan fingerprint density at radius 2 is 1.69 bits per heavy atom. The molecule has 2 aromatic carbocycles. The summed E-state index contributed by atoms with van der Waals surface area (Å²) in [7, 11) is 3.20. The van der Waals surface area contributed by atoms with Gasteiger partial charge in [-0.3, -0.25) is 0 Å². The van der Waals surface area contributed by atoms with E-state index >= 15 is 0 Å². The minimum absolute atomic E-state index is 0.462. The molecule has 1 aromatic heterocycles. The number of nitrogens with zero attached hydrogens (tertiary/aromatic N) is 2. The maximum atomic E-state index is 5.77. The Hall–Kier alpha value is -2.47. The molecule has 0 unspecified atom stereocenters. The van der Waals surface area contributed by atoms with E-state index in [2.05, 4.69) is 48.3 Å². The van der Waals surface area contributed by atoms with Crippen LogP contribution in [0.4, 0.5) is 0 Å². The summed E-state index contributed by atoms with van der Waals surface area (Å²) in [5.41, 5.74) is 3.36. The van der Waals surface area contributed by atoms with E-state index in [4.69, 9.17) is 13.9 Å². The van der Waals surface area contributed by atoms with Crippen LogP contribution in [0.25, 0.3) is 11.5 Å². The van der Waals surface area contributed by atoms with Crippen molar-refractivity contribution in [3.8, 4) is 23.0 Å². The number of ether oxygens (including phenoxy) is 2. The van der Waals surface area contributed by atoms with Gasteiger partial charge in [0, 0.05) is 11.3 Å². The molecule has 6 heteroatoms. The molecule has 0 radical (unpaired) electrons. The van der Waals surface area contributed by atoms with Crippen LogP contribution in [0.5, 0.6) is 11.5 Å². The maximum absolute atomic E-state index is 5.77. The number of hydrogen-bond acceptors (Lipinski definition) is 6. The second-order valence-corrected chi connectivity index (χ2v) is 7.05. The SMILES string of the molecule is COc1ccc(-c2nnc(SCc3ccc(C(C)C)cc3)o2)cc1OC. The zero-order valence-corrected chi connectivity index (χ0v) is 16.2. The van der Waals surface area contributed by atoms with Gasteiger partial charge in [0.05, 0.1) is 14.2 Å². The highest BCUT2D eigenvalue weighted by molar-refractivity contribution is 7.98. The summed E-state index contributed by atoms with van der Waals surface area (Å²) >= 11 is 1.52. The third-order valence-electron chi connectivity index (χ3n) is 4.05. The van der Waals surface area contributed by atoms with Crippen LogP contribution in [0.2, 0.25) is 0 Å². The first-order chi connectivity index (χ1) is 12.6. The minimum atomic E-state index is 0.462. The van der Waals surface area contributed by atoms with Crippen LogP contribution in [0, 0.1) is 0 Å². The maximum Gasteiger partial charge on any atom is 0.277 e. The van der Waals surface area contributed by atoms with Gasteiger partial charge in [-0.25, -0.2) is 0 Å². The molecule has 1 heterocycles. The van der Waals surface area contributed by atoms with Gasteiger partial charge in [-0.2, -0.15) is 0 Å². The van der Waals surface area contributed by atoms with E-state index in [-0.39, 0.29) is 0 Å². The molecule has 0 aliphatic rings. The van der Waals surface area contributed by atoms with Gasteiger partial charge in [0.15, 0.2) is 11.5 Å². The molecule has 26 heavy (non-hydrogen) atoms. The molecule has 0 amide bonds. The van der Waals surface area contributed by atoms with Gasteiger partial charge in [0.1, 0.15) is 0 Å². The summed E-state index contributed by atoms with van der Waals surface area (Å²) in [6, 6.07) is 14.1. The van der Waals surface area contributed by atoms with Gasteiger partial charge >= 0.3 is 0 Å². The Balaban J connectivity index is 1.68. The Morgan fingerprint density at radius 1 is 0.962 bits per heavy atom. The lowest BCUT2D eigenvalue weighted by molar-refractivity contribution is 0.355. The van der Waals surface area contributed by atoms with Crippen LogP contribution in [0.1, 0.15) is 30.9 Å². The standard InChI is InChI=1S/C20H22N2O3S/c1-13(2)15-7-5-14(6-8-15)12-26-20-22-21-19(25-20)16-9-10-17(23-3)18(11-16)24-4/h5-11,13H,12H2,1-4H3. The van der Waals surface area contributed by atoms with Crippen LogP contribution in [0.15, 0.2) is 52.1 Å². The highest BCUT2D eigenvalue weighted by Gasteiger charge is 2.12. The van der Waals surface area contributed by atoms with Crippen LogP contribution >= 0.6 is 11.8 Å². The van der Waals surface area contributed by atoms with Gasteiger partial charge in [-0.1, -0.05) is 49.9 Å². The number of aromatic nitrogens is 2. The van der Waals surface area contributed by atoms with Gasteiger partial charge in [0.2, 0.25) is 5.89 Å². The quantitative estimate of drug-likeness (QED) is 0.535. The number of benzene rings is 2. The second-order valence-electron chi connectivity index (χ2n) is 6.13. The van der Waals surface area contributed by atoms with Crippen molar-refractivity contribution in [2.24, 2.45) is 0 Å². The molecule has 0 N–H and O–H groups in total. The van der Waals surface area contributed by atoms with Crippen molar-refractivity contribution in [3.63, 3.8) is 0 Å². The lowest BCUT2D eigenvalue weighted by Gasteiger charge is -2.07. The number of thioether (sulfide) groups is 1. The van der Waals surface area contributed by atoms with Crippen molar-refractivity contribution in [3.05, 3.63) is 53.6 Å². The number of methoxy groups -OCH3 is 2. The smallest absolute Gasteiger partial charge is 0.277 e. The normalized spacial score (nSPS) is 11.0. The topological polar surface area (TPSA) is 57.4 Å². The molecule has 0 bridgehead atoms. The summed E-state index contributed by atoms with van der Waals surface area (Å²) in [5, 5.41) is 8.80. The first kappa shape index (κ1) is 18.3. The lowest BCUT2D eigenvalue weighted by Crippen LogP contribution is -1.90. The molecular weight excluding hydrogens is 348 g/mol. The van der Waals surface area contributed by atoms with Crippen molar-refractivity contribution in [2.45, 2.75) is 30.7 Å². The summed E-state index contributed by atoms with van der Waals surface area (Å²) < 4.78 is 16.3. The number of rotatable bonds is 7. The zero-order chi connectivity index (χ0) is 18.5. The Bertz CT molecular complexity index is 860. The molecule has 0 fully saturated rings. The summed E-state index contributed by atoms with van der Waals surface area (Å²) in [6.07, 6.45) is 0. The zero-order valence-electron chi connectivity index (χ0n) is 15.4. The minimum Gasteiger partial charge on any atom is -0.493 e. The van der Waals surface area contributed by atoms with Crippen LogP contribution in [0.3, 0.4) is 0 Å². The highest BCUT2D eigenvalue weighted by atomic mass is 32.2. The molecule has 5 nitrogen and oxygen atoms in total.